The van der Waals surface area contributed by atoms with Crippen molar-refractivity contribution < 1.29 is 14.7 Å². The summed E-state index contributed by atoms with van der Waals surface area (Å²) in [5.41, 5.74) is 1.94. The summed E-state index contributed by atoms with van der Waals surface area (Å²) in [6.07, 6.45) is 1.93. The number of amides is 2. The number of likely N-dealkylation sites (tertiary alicyclic amines) is 1. The fourth-order valence-electron chi connectivity index (χ4n) is 3.55. The van der Waals surface area contributed by atoms with E-state index >= 15 is 0 Å². The number of carboxylic acid groups (broad SMARTS) is 1. The zero-order valence-corrected chi connectivity index (χ0v) is 14.5. The number of aromatic carboxylic acids is 1. The lowest BCUT2D eigenvalue weighted by Gasteiger charge is -2.44. The second-order valence-electron chi connectivity index (χ2n) is 7.62. The largest absolute Gasteiger partial charge is 0.478 e. The second kappa shape index (κ2) is 6.09. The molecule has 24 heavy (non-hydrogen) atoms. The van der Waals surface area contributed by atoms with E-state index in [1.165, 1.54) is 6.07 Å². The van der Waals surface area contributed by atoms with Crippen LogP contribution in [0, 0.1) is 0 Å². The van der Waals surface area contributed by atoms with E-state index in [9.17, 15) is 9.59 Å². The van der Waals surface area contributed by atoms with Crippen molar-refractivity contribution >= 4 is 17.7 Å². The van der Waals surface area contributed by atoms with Gasteiger partial charge in [-0.05, 0) is 51.3 Å². The number of carbonyl (C=O) groups excluding carboxylic acids is 1. The summed E-state index contributed by atoms with van der Waals surface area (Å²) in [6.45, 7) is 9.18. The summed E-state index contributed by atoms with van der Waals surface area (Å²) in [7, 11) is 0. The van der Waals surface area contributed by atoms with Crippen LogP contribution in [0.3, 0.4) is 0 Å². The molecule has 1 saturated heterocycles. The summed E-state index contributed by atoms with van der Waals surface area (Å²) >= 11 is 0. The van der Waals surface area contributed by atoms with Gasteiger partial charge >= 0.3 is 12.0 Å². The van der Waals surface area contributed by atoms with Gasteiger partial charge in [0, 0.05) is 36.9 Å². The van der Waals surface area contributed by atoms with E-state index in [1.54, 1.807) is 12.1 Å². The van der Waals surface area contributed by atoms with Crippen molar-refractivity contribution in [1.29, 1.82) is 0 Å². The van der Waals surface area contributed by atoms with E-state index in [0.717, 1.165) is 31.5 Å². The predicted octanol–water partition coefficient (Wildman–Crippen LogP) is 3.00. The van der Waals surface area contributed by atoms with Crippen LogP contribution < -0.4 is 5.32 Å². The van der Waals surface area contributed by atoms with Crippen LogP contribution in [0.1, 0.15) is 49.5 Å². The third-order valence-corrected chi connectivity index (χ3v) is 5.05. The molecule has 0 spiro atoms. The Morgan fingerprint density at radius 2 is 1.92 bits per heavy atom. The minimum Gasteiger partial charge on any atom is -0.478 e. The lowest BCUT2D eigenvalue weighted by molar-refractivity contribution is 0.0664. The Kier molecular flexibility index (Phi) is 4.25. The Morgan fingerprint density at radius 3 is 2.50 bits per heavy atom. The molecule has 2 heterocycles. The van der Waals surface area contributed by atoms with Gasteiger partial charge in [-0.3, -0.25) is 4.90 Å². The summed E-state index contributed by atoms with van der Waals surface area (Å²) in [5.74, 6) is -0.982. The molecule has 6 heteroatoms. The maximum absolute atomic E-state index is 12.5. The molecule has 0 atom stereocenters. The average molecular weight is 331 g/mol. The van der Waals surface area contributed by atoms with E-state index in [2.05, 4.69) is 31.0 Å². The summed E-state index contributed by atoms with van der Waals surface area (Å²) < 4.78 is 0. The highest BCUT2D eigenvalue weighted by Gasteiger charge is 2.34. The Bertz CT molecular complexity index is 658. The number of fused-ring (bicyclic) bond motifs is 1. The van der Waals surface area contributed by atoms with Gasteiger partial charge in [0.2, 0.25) is 0 Å². The molecule has 0 bridgehead atoms. The number of nitrogens with one attached hydrogen (secondary N) is 1. The number of urea groups is 1. The van der Waals surface area contributed by atoms with Crippen molar-refractivity contribution in [2.45, 2.75) is 51.7 Å². The molecule has 0 radical (unpaired) electrons. The van der Waals surface area contributed by atoms with E-state index in [0.29, 0.717) is 12.2 Å². The molecule has 1 aromatic carbocycles. The molecule has 2 amide bonds. The maximum Gasteiger partial charge on any atom is 0.335 e. The minimum absolute atomic E-state index is 0.126. The number of carboxylic acids is 1. The Labute approximate surface area is 142 Å². The molecule has 1 fully saturated rings. The number of benzene rings is 1. The normalized spacial score (nSPS) is 19.8. The molecule has 0 aromatic heterocycles. The predicted molar refractivity (Wildman–Crippen MR) is 92.3 cm³/mol. The van der Waals surface area contributed by atoms with E-state index in [4.69, 9.17) is 5.11 Å². The number of carbonyl (C=O) groups is 2. The average Bonchev–Trinajstić information content (AvgIpc) is 2.53. The number of piperidine rings is 1. The van der Waals surface area contributed by atoms with Crippen molar-refractivity contribution in [1.82, 2.24) is 9.80 Å². The molecular formula is C18H25N3O3. The third-order valence-electron chi connectivity index (χ3n) is 5.05. The molecule has 1 aromatic rings. The Balaban J connectivity index is 1.71. The van der Waals surface area contributed by atoms with Crippen molar-refractivity contribution in [3.05, 3.63) is 29.3 Å². The summed E-state index contributed by atoms with van der Waals surface area (Å²) in [4.78, 5) is 27.9. The summed E-state index contributed by atoms with van der Waals surface area (Å²) in [5, 5.41) is 11.9. The first-order chi connectivity index (χ1) is 11.3. The highest BCUT2D eigenvalue weighted by Crippen LogP contribution is 2.30. The van der Waals surface area contributed by atoms with Crippen LogP contribution in [0.5, 0.6) is 0 Å². The van der Waals surface area contributed by atoms with Crippen molar-refractivity contribution in [3.63, 3.8) is 0 Å². The highest BCUT2D eigenvalue weighted by atomic mass is 16.4. The lowest BCUT2D eigenvalue weighted by atomic mass is 9.96. The zero-order valence-electron chi connectivity index (χ0n) is 14.5. The highest BCUT2D eigenvalue weighted by molar-refractivity contribution is 5.95. The van der Waals surface area contributed by atoms with Gasteiger partial charge in [0.1, 0.15) is 0 Å². The van der Waals surface area contributed by atoms with Crippen molar-refractivity contribution in [2.24, 2.45) is 0 Å². The monoisotopic (exact) mass is 331 g/mol. The van der Waals surface area contributed by atoms with E-state index in [-0.39, 0.29) is 23.2 Å². The number of hydrogen-bond donors (Lipinski definition) is 2. The van der Waals surface area contributed by atoms with E-state index < -0.39 is 5.97 Å². The fraction of sp³-hybridized carbons (Fsp3) is 0.556. The van der Waals surface area contributed by atoms with Crippen molar-refractivity contribution in [3.8, 4) is 0 Å². The lowest BCUT2D eigenvalue weighted by Crippen LogP contribution is -2.53. The minimum atomic E-state index is -0.982. The number of rotatable bonds is 2. The molecule has 0 aliphatic carbocycles. The number of anilines is 1. The van der Waals surface area contributed by atoms with Crippen LogP contribution in [0.4, 0.5) is 10.5 Å². The Hall–Kier alpha value is -2.08. The third kappa shape index (κ3) is 3.24. The van der Waals surface area contributed by atoms with Crippen LogP contribution in [0.2, 0.25) is 0 Å². The SMILES string of the molecule is CC(C)(C)N1CCC(N2Cc3ccc(C(=O)O)cc3NC2=O)CC1. The molecule has 6 nitrogen and oxygen atoms in total. The topological polar surface area (TPSA) is 72.9 Å². The van der Waals surface area contributed by atoms with Crippen LogP contribution in [0.15, 0.2) is 18.2 Å². The molecular weight excluding hydrogens is 306 g/mol. The van der Waals surface area contributed by atoms with Gasteiger partial charge in [0.15, 0.2) is 0 Å². The quantitative estimate of drug-likeness (QED) is 0.874. The summed E-state index contributed by atoms with van der Waals surface area (Å²) in [6, 6.07) is 5.04. The molecule has 130 valence electrons. The Morgan fingerprint density at radius 1 is 1.25 bits per heavy atom. The van der Waals surface area contributed by atoms with Gasteiger partial charge in [-0.25, -0.2) is 9.59 Å². The van der Waals surface area contributed by atoms with Gasteiger partial charge in [-0.1, -0.05) is 6.07 Å². The van der Waals surface area contributed by atoms with Crippen molar-refractivity contribution in [2.75, 3.05) is 18.4 Å². The fourth-order valence-corrected chi connectivity index (χ4v) is 3.55. The van der Waals surface area contributed by atoms with Crippen LogP contribution in [0.25, 0.3) is 0 Å². The maximum atomic E-state index is 12.5. The van der Waals surface area contributed by atoms with Gasteiger partial charge < -0.3 is 15.3 Å². The second-order valence-corrected chi connectivity index (χ2v) is 7.62. The van der Waals surface area contributed by atoms with Crippen LogP contribution >= 0.6 is 0 Å². The molecule has 0 saturated carbocycles. The van der Waals surface area contributed by atoms with Gasteiger partial charge in [0.25, 0.3) is 0 Å². The molecule has 2 aliphatic heterocycles. The molecule has 2 N–H and O–H groups in total. The van der Waals surface area contributed by atoms with Gasteiger partial charge in [0.05, 0.1) is 5.56 Å². The first kappa shape index (κ1) is 16.8. The van der Waals surface area contributed by atoms with Crippen LogP contribution in [-0.4, -0.2) is 51.6 Å². The first-order valence-electron chi connectivity index (χ1n) is 8.44. The number of nitrogens with zero attached hydrogens (tertiary/aromatic N) is 2. The van der Waals surface area contributed by atoms with E-state index in [1.807, 2.05) is 4.90 Å². The molecule has 3 rings (SSSR count). The van der Waals surface area contributed by atoms with Crippen LogP contribution in [-0.2, 0) is 6.54 Å². The standard InChI is InChI=1S/C18H25N3O3/c1-18(2,3)20-8-6-14(7-9-20)21-11-13-5-4-12(16(22)23)10-15(13)19-17(21)24/h4-5,10,14H,6-9,11H2,1-3H3,(H,19,24)(H,22,23). The van der Waals surface area contributed by atoms with Gasteiger partial charge in [-0.2, -0.15) is 0 Å². The molecule has 0 unspecified atom stereocenters. The first-order valence-corrected chi connectivity index (χ1v) is 8.44. The van der Waals surface area contributed by atoms with Gasteiger partial charge in [-0.15, -0.1) is 0 Å². The molecule has 2 aliphatic rings. The number of hydrogen-bond acceptors (Lipinski definition) is 3. The zero-order chi connectivity index (χ0) is 17.5. The smallest absolute Gasteiger partial charge is 0.335 e.